The van der Waals surface area contributed by atoms with Crippen LogP contribution in [0.25, 0.3) is 0 Å². The van der Waals surface area contributed by atoms with Crippen LogP contribution in [0.5, 0.6) is 0 Å². The lowest BCUT2D eigenvalue weighted by Crippen LogP contribution is -2.36. The largest absolute Gasteiger partial charge is 0.481 e. The van der Waals surface area contributed by atoms with Crippen molar-refractivity contribution in [2.45, 2.75) is 39.2 Å². The van der Waals surface area contributed by atoms with E-state index in [9.17, 15) is 9.59 Å². The predicted molar refractivity (Wildman–Crippen MR) is 74.1 cm³/mol. The number of thiophene rings is 1. The molecule has 1 saturated carbocycles. The summed E-state index contributed by atoms with van der Waals surface area (Å²) >= 11 is 1.66. The first-order valence-electron chi connectivity index (χ1n) is 6.58. The van der Waals surface area contributed by atoms with Gasteiger partial charge in [0.05, 0.1) is 17.9 Å². The van der Waals surface area contributed by atoms with Crippen LogP contribution in [-0.4, -0.2) is 17.0 Å². The summed E-state index contributed by atoms with van der Waals surface area (Å²) in [5, 5.41) is 12.1. The molecule has 1 aliphatic rings. The zero-order chi connectivity index (χ0) is 14.0. The fourth-order valence-electron chi connectivity index (χ4n) is 2.65. The topological polar surface area (TPSA) is 66.4 Å². The van der Waals surface area contributed by atoms with E-state index in [1.165, 1.54) is 4.88 Å². The van der Waals surface area contributed by atoms with E-state index in [4.69, 9.17) is 5.11 Å². The van der Waals surface area contributed by atoms with Gasteiger partial charge in [0.2, 0.25) is 5.91 Å². The lowest BCUT2D eigenvalue weighted by molar-refractivity contribution is -0.146. The normalized spacial score (nSPS) is 24.1. The summed E-state index contributed by atoms with van der Waals surface area (Å²) in [5.74, 6) is -1.86. The van der Waals surface area contributed by atoms with Crippen molar-refractivity contribution >= 4 is 23.2 Å². The third-order valence-electron chi connectivity index (χ3n) is 3.72. The molecule has 0 saturated heterocycles. The molecule has 0 spiro atoms. The van der Waals surface area contributed by atoms with Gasteiger partial charge in [-0.25, -0.2) is 0 Å². The summed E-state index contributed by atoms with van der Waals surface area (Å²) in [7, 11) is 0. The van der Waals surface area contributed by atoms with Crippen molar-refractivity contribution in [1.29, 1.82) is 0 Å². The lowest BCUT2D eigenvalue weighted by Gasteiger charge is -2.19. The van der Waals surface area contributed by atoms with Crippen molar-refractivity contribution in [2.24, 2.45) is 11.8 Å². The van der Waals surface area contributed by atoms with E-state index < -0.39 is 11.9 Å². The van der Waals surface area contributed by atoms with E-state index in [0.717, 1.165) is 11.3 Å². The fourth-order valence-corrected chi connectivity index (χ4v) is 3.53. The van der Waals surface area contributed by atoms with Crippen molar-refractivity contribution in [3.05, 3.63) is 21.9 Å². The first kappa shape index (κ1) is 14.1. The standard InChI is InChI=1S/C14H19NO3S/c1-8-6-7-12(19-8)9(2)15-13(16)10-4-3-5-11(10)14(17)18/h6-7,9-11H,3-5H2,1-2H3,(H,15,16)(H,17,18)/t9?,10-,11+/m1/s1. The maximum atomic E-state index is 12.2. The summed E-state index contributed by atoms with van der Waals surface area (Å²) in [6.45, 7) is 3.97. The molecule has 104 valence electrons. The molecule has 0 bridgehead atoms. The monoisotopic (exact) mass is 281 g/mol. The smallest absolute Gasteiger partial charge is 0.307 e. The van der Waals surface area contributed by atoms with Crippen LogP contribution in [0.3, 0.4) is 0 Å². The molecule has 0 aromatic carbocycles. The van der Waals surface area contributed by atoms with Crippen LogP contribution in [-0.2, 0) is 9.59 Å². The highest BCUT2D eigenvalue weighted by molar-refractivity contribution is 7.12. The van der Waals surface area contributed by atoms with Gasteiger partial charge in [0.25, 0.3) is 0 Å². The van der Waals surface area contributed by atoms with E-state index in [0.29, 0.717) is 12.8 Å². The Morgan fingerprint density at radius 2 is 2.05 bits per heavy atom. The third kappa shape index (κ3) is 3.15. The minimum Gasteiger partial charge on any atom is -0.481 e. The Bertz CT molecular complexity index is 483. The molecule has 0 radical (unpaired) electrons. The maximum Gasteiger partial charge on any atom is 0.307 e. The molecule has 1 unspecified atom stereocenters. The van der Waals surface area contributed by atoms with Crippen LogP contribution in [0.1, 0.15) is 42.0 Å². The summed E-state index contributed by atoms with van der Waals surface area (Å²) in [6.07, 6.45) is 2.11. The molecule has 1 amide bonds. The number of carbonyl (C=O) groups is 2. The summed E-state index contributed by atoms with van der Waals surface area (Å²) in [6, 6.07) is 3.98. The van der Waals surface area contributed by atoms with E-state index in [2.05, 4.69) is 5.32 Å². The van der Waals surface area contributed by atoms with Crippen molar-refractivity contribution < 1.29 is 14.7 Å². The molecule has 5 heteroatoms. The Kier molecular flexibility index (Phi) is 4.24. The number of amides is 1. The molecule has 0 aliphatic heterocycles. The Morgan fingerprint density at radius 1 is 1.37 bits per heavy atom. The second-order valence-corrected chi connectivity index (χ2v) is 6.48. The number of carbonyl (C=O) groups excluding carboxylic acids is 1. The molecular weight excluding hydrogens is 262 g/mol. The van der Waals surface area contributed by atoms with Gasteiger partial charge in [0.1, 0.15) is 0 Å². The van der Waals surface area contributed by atoms with Crippen LogP contribution in [0.4, 0.5) is 0 Å². The second-order valence-electron chi connectivity index (χ2n) is 5.16. The predicted octanol–water partition coefficient (Wildman–Crippen LogP) is 2.73. The zero-order valence-corrected chi connectivity index (χ0v) is 12.0. The van der Waals surface area contributed by atoms with Crippen molar-refractivity contribution in [3.8, 4) is 0 Å². The Balaban J connectivity index is 1.99. The number of nitrogens with one attached hydrogen (secondary N) is 1. The van der Waals surface area contributed by atoms with Crippen LogP contribution in [0, 0.1) is 18.8 Å². The van der Waals surface area contributed by atoms with Crippen molar-refractivity contribution in [1.82, 2.24) is 5.32 Å². The molecule has 1 fully saturated rings. The number of hydrogen-bond acceptors (Lipinski definition) is 3. The van der Waals surface area contributed by atoms with Gasteiger partial charge in [0, 0.05) is 9.75 Å². The Morgan fingerprint density at radius 3 is 2.63 bits per heavy atom. The average molecular weight is 281 g/mol. The van der Waals surface area contributed by atoms with Gasteiger partial charge < -0.3 is 10.4 Å². The Labute approximate surface area is 116 Å². The van der Waals surface area contributed by atoms with E-state index in [-0.39, 0.29) is 17.9 Å². The molecule has 1 aromatic rings. The molecule has 3 atom stereocenters. The highest BCUT2D eigenvalue weighted by Crippen LogP contribution is 2.33. The van der Waals surface area contributed by atoms with Gasteiger partial charge in [0.15, 0.2) is 0 Å². The number of rotatable bonds is 4. The molecular formula is C14H19NO3S. The van der Waals surface area contributed by atoms with E-state index in [1.807, 2.05) is 26.0 Å². The average Bonchev–Trinajstić information content (AvgIpc) is 2.96. The zero-order valence-electron chi connectivity index (χ0n) is 11.2. The second kappa shape index (κ2) is 5.74. The molecule has 2 N–H and O–H groups in total. The lowest BCUT2D eigenvalue weighted by atomic mass is 9.95. The Hall–Kier alpha value is -1.36. The third-order valence-corrected chi connectivity index (χ3v) is 4.90. The SMILES string of the molecule is Cc1ccc(C(C)NC(=O)[C@@H]2CCC[C@@H]2C(=O)O)s1. The van der Waals surface area contributed by atoms with Crippen LogP contribution >= 0.6 is 11.3 Å². The quantitative estimate of drug-likeness (QED) is 0.891. The van der Waals surface area contributed by atoms with Gasteiger partial charge in [-0.05, 0) is 38.8 Å². The number of aryl methyl sites for hydroxylation is 1. The summed E-state index contributed by atoms with van der Waals surface area (Å²) in [5.41, 5.74) is 0. The number of carboxylic acid groups (broad SMARTS) is 1. The number of carboxylic acids is 1. The van der Waals surface area contributed by atoms with E-state index >= 15 is 0 Å². The highest BCUT2D eigenvalue weighted by atomic mass is 32.1. The van der Waals surface area contributed by atoms with Gasteiger partial charge in [-0.1, -0.05) is 6.42 Å². The number of hydrogen-bond donors (Lipinski definition) is 2. The van der Waals surface area contributed by atoms with Crippen LogP contribution < -0.4 is 5.32 Å². The van der Waals surface area contributed by atoms with Gasteiger partial charge in [-0.15, -0.1) is 11.3 Å². The maximum absolute atomic E-state index is 12.2. The summed E-state index contributed by atoms with van der Waals surface area (Å²) < 4.78 is 0. The minimum absolute atomic E-state index is 0.0544. The van der Waals surface area contributed by atoms with Crippen LogP contribution in [0.2, 0.25) is 0 Å². The summed E-state index contributed by atoms with van der Waals surface area (Å²) in [4.78, 5) is 25.6. The molecule has 4 nitrogen and oxygen atoms in total. The molecule has 1 aromatic heterocycles. The van der Waals surface area contributed by atoms with Crippen molar-refractivity contribution in [3.63, 3.8) is 0 Å². The molecule has 1 aliphatic carbocycles. The first-order chi connectivity index (χ1) is 8.99. The van der Waals surface area contributed by atoms with Crippen molar-refractivity contribution in [2.75, 3.05) is 0 Å². The number of aliphatic carboxylic acids is 1. The molecule has 2 rings (SSSR count). The molecule has 1 heterocycles. The minimum atomic E-state index is -0.850. The first-order valence-corrected chi connectivity index (χ1v) is 7.40. The molecule has 19 heavy (non-hydrogen) atoms. The van der Waals surface area contributed by atoms with Crippen LogP contribution in [0.15, 0.2) is 12.1 Å². The van der Waals surface area contributed by atoms with E-state index in [1.54, 1.807) is 11.3 Å². The van der Waals surface area contributed by atoms with Gasteiger partial charge >= 0.3 is 5.97 Å². The van der Waals surface area contributed by atoms with Gasteiger partial charge in [-0.3, -0.25) is 9.59 Å². The van der Waals surface area contributed by atoms with Gasteiger partial charge in [-0.2, -0.15) is 0 Å². The highest BCUT2D eigenvalue weighted by Gasteiger charge is 2.38. The fraction of sp³-hybridized carbons (Fsp3) is 0.571.